The molecule has 0 spiro atoms. The van der Waals surface area contributed by atoms with E-state index in [4.69, 9.17) is 0 Å². The Bertz CT molecular complexity index is 758. The number of hydrogen-bond acceptors (Lipinski definition) is 4. The van der Waals surface area contributed by atoms with Crippen molar-refractivity contribution in [2.75, 3.05) is 39.3 Å². The van der Waals surface area contributed by atoms with Crippen LogP contribution >= 0.6 is 0 Å². The van der Waals surface area contributed by atoms with E-state index in [9.17, 15) is 26.4 Å². The molecular weight excluding hydrogens is 371 g/mol. The van der Waals surface area contributed by atoms with E-state index < -0.39 is 28.7 Å². The number of alkyl halides is 3. The summed E-state index contributed by atoms with van der Waals surface area (Å²) in [5.74, 6) is -0.729. The normalized spacial score (nSPS) is 17.3. The molecule has 0 radical (unpaired) electrons. The highest BCUT2D eigenvalue weighted by molar-refractivity contribution is 7.89. The van der Waals surface area contributed by atoms with E-state index in [0.29, 0.717) is 5.56 Å². The lowest BCUT2D eigenvalue weighted by Gasteiger charge is -2.33. The Hall–Kier alpha value is -1.65. The molecule has 10 heteroatoms. The number of nitrogens with one attached hydrogen (secondary N) is 1. The Labute approximate surface area is 151 Å². The summed E-state index contributed by atoms with van der Waals surface area (Å²) in [4.78, 5) is 13.4. The maximum Gasteiger partial charge on any atom is 0.405 e. The van der Waals surface area contributed by atoms with Gasteiger partial charge in [-0.1, -0.05) is 17.7 Å². The molecule has 1 aromatic rings. The number of carbonyl (C=O) groups is 1. The van der Waals surface area contributed by atoms with Crippen LogP contribution < -0.4 is 5.32 Å². The molecule has 1 aliphatic rings. The number of piperazine rings is 1. The molecule has 1 N–H and O–H groups in total. The summed E-state index contributed by atoms with van der Waals surface area (Å²) in [6, 6.07) is 5.12. The number of halogens is 3. The van der Waals surface area contributed by atoms with Gasteiger partial charge < -0.3 is 5.32 Å². The fraction of sp³-hybridized carbons (Fsp3) is 0.562. The summed E-state index contributed by atoms with van der Waals surface area (Å²) >= 11 is 0. The van der Waals surface area contributed by atoms with E-state index in [1.165, 1.54) is 4.31 Å². The Morgan fingerprint density at radius 1 is 1.15 bits per heavy atom. The first-order valence-electron chi connectivity index (χ1n) is 8.12. The van der Waals surface area contributed by atoms with Crippen LogP contribution in [0.15, 0.2) is 23.1 Å². The van der Waals surface area contributed by atoms with E-state index in [2.05, 4.69) is 0 Å². The standard InChI is InChI=1S/C16H22F3N3O3S/c1-12-3-4-14(13(2)9-12)26(24,25)22-7-5-21(6-8-22)10-15(23)20-11-16(17,18)19/h3-4,9H,5-8,10-11H2,1-2H3,(H,20,23). The predicted octanol–water partition coefficient (Wildman–Crippen LogP) is 1.29. The van der Waals surface area contributed by atoms with E-state index in [-0.39, 0.29) is 37.6 Å². The fourth-order valence-corrected chi connectivity index (χ4v) is 4.44. The third kappa shape index (κ3) is 5.42. The van der Waals surface area contributed by atoms with Gasteiger partial charge in [-0.3, -0.25) is 9.69 Å². The second-order valence-corrected chi connectivity index (χ2v) is 8.25. The first-order valence-corrected chi connectivity index (χ1v) is 9.56. The highest BCUT2D eigenvalue weighted by atomic mass is 32.2. The van der Waals surface area contributed by atoms with Crippen molar-refractivity contribution in [2.24, 2.45) is 0 Å². The molecular formula is C16H22F3N3O3S. The third-order valence-corrected chi connectivity index (χ3v) is 6.19. The van der Waals surface area contributed by atoms with Gasteiger partial charge >= 0.3 is 6.18 Å². The summed E-state index contributed by atoms with van der Waals surface area (Å²) in [7, 11) is -3.63. The number of sulfonamides is 1. The second kappa shape index (κ2) is 7.93. The van der Waals surface area contributed by atoms with Crippen LogP contribution in [-0.4, -0.2) is 69.0 Å². The molecule has 26 heavy (non-hydrogen) atoms. The zero-order valence-corrected chi connectivity index (χ0v) is 15.5. The molecule has 0 atom stereocenters. The summed E-state index contributed by atoms with van der Waals surface area (Å²) in [5.41, 5.74) is 1.63. The summed E-state index contributed by atoms with van der Waals surface area (Å²) in [5, 5.41) is 1.81. The van der Waals surface area contributed by atoms with Crippen molar-refractivity contribution in [3.8, 4) is 0 Å². The minimum Gasteiger partial charge on any atom is -0.346 e. The van der Waals surface area contributed by atoms with Gasteiger partial charge in [0.1, 0.15) is 6.54 Å². The predicted molar refractivity (Wildman–Crippen MR) is 90.2 cm³/mol. The molecule has 146 valence electrons. The van der Waals surface area contributed by atoms with Crippen LogP contribution in [0.3, 0.4) is 0 Å². The maximum absolute atomic E-state index is 12.8. The summed E-state index contributed by atoms with van der Waals surface area (Å²) in [6.07, 6.45) is -4.45. The van der Waals surface area contributed by atoms with E-state index in [1.807, 2.05) is 12.2 Å². The van der Waals surface area contributed by atoms with Crippen LogP contribution in [0.4, 0.5) is 13.2 Å². The highest BCUT2D eigenvalue weighted by Crippen LogP contribution is 2.22. The molecule has 1 amide bonds. The van der Waals surface area contributed by atoms with Gasteiger partial charge in [0, 0.05) is 26.2 Å². The first-order chi connectivity index (χ1) is 12.0. The number of rotatable bonds is 5. The first kappa shape index (κ1) is 20.7. The van der Waals surface area contributed by atoms with Gasteiger partial charge in [-0.05, 0) is 25.5 Å². The number of amides is 1. The SMILES string of the molecule is Cc1ccc(S(=O)(=O)N2CCN(CC(=O)NCC(F)(F)F)CC2)c(C)c1. The number of carbonyl (C=O) groups excluding carboxylic acids is 1. The maximum atomic E-state index is 12.8. The number of hydrogen-bond donors (Lipinski definition) is 1. The monoisotopic (exact) mass is 393 g/mol. The molecule has 1 aliphatic heterocycles. The van der Waals surface area contributed by atoms with Gasteiger partial charge in [-0.2, -0.15) is 17.5 Å². The minimum atomic E-state index is -4.45. The van der Waals surface area contributed by atoms with Crippen molar-refractivity contribution in [1.82, 2.24) is 14.5 Å². The zero-order valence-electron chi connectivity index (χ0n) is 14.6. The molecule has 0 aromatic heterocycles. The number of aryl methyl sites for hydroxylation is 2. The van der Waals surface area contributed by atoms with Gasteiger partial charge in [0.15, 0.2) is 0 Å². The summed E-state index contributed by atoms with van der Waals surface area (Å²) in [6.45, 7) is 2.99. The minimum absolute atomic E-state index is 0.183. The van der Waals surface area contributed by atoms with Gasteiger partial charge in [-0.15, -0.1) is 0 Å². The van der Waals surface area contributed by atoms with Crippen molar-refractivity contribution < 1.29 is 26.4 Å². The Kier molecular flexibility index (Phi) is 6.30. The molecule has 0 aliphatic carbocycles. The molecule has 1 heterocycles. The van der Waals surface area contributed by atoms with Crippen molar-refractivity contribution in [2.45, 2.75) is 24.9 Å². The van der Waals surface area contributed by atoms with Gasteiger partial charge in [0.05, 0.1) is 11.4 Å². The molecule has 0 bridgehead atoms. The zero-order chi connectivity index (χ0) is 19.5. The lowest BCUT2D eigenvalue weighted by molar-refractivity contribution is -0.139. The smallest absolute Gasteiger partial charge is 0.346 e. The van der Waals surface area contributed by atoms with Crippen LogP contribution in [-0.2, 0) is 14.8 Å². The molecule has 6 nitrogen and oxygen atoms in total. The van der Waals surface area contributed by atoms with Crippen molar-refractivity contribution >= 4 is 15.9 Å². The van der Waals surface area contributed by atoms with Gasteiger partial charge in [0.2, 0.25) is 15.9 Å². The van der Waals surface area contributed by atoms with Crippen molar-refractivity contribution in [1.29, 1.82) is 0 Å². The molecule has 1 aromatic carbocycles. The lowest BCUT2D eigenvalue weighted by atomic mass is 10.2. The molecule has 2 rings (SSSR count). The lowest BCUT2D eigenvalue weighted by Crippen LogP contribution is -2.51. The molecule has 1 fully saturated rings. The van der Waals surface area contributed by atoms with Crippen molar-refractivity contribution in [3.63, 3.8) is 0 Å². The average Bonchev–Trinajstić information content (AvgIpc) is 2.52. The Morgan fingerprint density at radius 2 is 1.77 bits per heavy atom. The largest absolute Gasteiger partial charge is 0.405 e. The Balaban J connectivity index is 1.92. The van der Waals surface area contributed by atoms with Gasteiger partial charge in [-0.25, -0.2) is 8.42 Å². The van der Waals surface area contributed by atoms with Crippen LogP contribution in [0, 0.1) is 13.8 Å². The Morgan fingerprint density at radius 3 is 2.31 bits per heavy atom. The molecule has 0 unspecified atom stereocenters. The second-order valence-electron chi connectivity index (χ2n) is 6.34. The van der Waals surface area contributed by atoms with E-state index in [0.717, 1.165) is 5.56 Å². The molecule has 0 saturated carbocycles. The van der Waals surface area contributed by atoms with Crippen molar-refractivity contribution in [3.05, 3.63) is 29.3 Å². The van der Waals surface area contributed by atoms with E-state index in [1.54, 1.807) is 30.0 Å². The topological polar surface area (TPSA) is 69.7 Å². The summed E-state index contributed by atoms with van der Waals surface area (Å²) < 4.78 is 63.2. The van der Waals surface area contributed by atoms with Gasteiger partial charge in [0.25, 0.3) is 0 Å². The highest BCUT2D eigenvalue weighted by Gasteiger charge is 2.31. The fourth-order valence-electron chi connectivity index (χ4n) is 2.81. The third-order valence-electron chi connectivity index (χ3n) is 4.13. The number of benzene rings is 1. The van der Waals surface area contributed by atoms with Crippen LogP contribution in [0.2, 0.25) is 0 Å². The van der Waals surface area contributed by atoms with Crippen LogP contribution in [0.1, 0.15) is 11.1 Å². The van der Waals surface area contributed by atoms with E-state index >= 15 is 0 Å². The van der Waals surface area contributed by atoms with Crippen LogP contribution in [0.5, 0.6) is 0 Å². The number of nitrogens with zero attached hydrogens (tertiary/aromatic N) is 2. The quantitative estimate of drug-likeness (QED) is 0.819. The van der Waals surface area contributed by atoms with Crippen LogP contribution in [0.25, 0.3) is 0 Å². The molecule has 1 saturated heterocycles. The average molecular weight is 393 g/mol.